The fraction of sp³-hybridized carbons (Fsp3) is 0.438. The first kappa shape index (κ1) is 15.5. The molecule has 21 heavy (non-hydrogen) atoms. The summed E-state index contributed by atoms with van der Waals surface area (Å²) >= 11 is 0. The summed E-state index contributed by atoms with van der Waals surface area (Å²) in [6.07, 6.45) is 4.73. The Labute approximate surface area is 124 Å². The third kappa shape index (κ3) is 3.82. The van der Waals surface area contributed by atoms with E-state index in [0.717, 1.165) is 12.8 Å². The summed E-state index contributed by atoms with van der Waals surface area (Å²) in [7, 11) is 1.42. The van der Waals surface area contributed by atoms with Crippen molar-refractivity contribution in [2.45, 2.75) is 31.8 Å². The van der Waals surface area contributed by atoms with Crippen molar-refractivity contribution in [3.05, 3.63) is 35.7 Å². The van der Waals surface area contributed by atoms with Gasteiger partial charge in [-0.05, 0) is 43.5 Å². The summed E-state index contributed by atoms with van der Waals surface area (Å²) in [5.41, 5.74) is 6.51. The monoisotopic (exact) mass is 292 g/mol. The molecule has 114 valence electrons. The first-order valence-corrected chi connectivity index (χ1v) is 7.09. The number of rotatable bonds is 3. The number of likely N-dealkylation sites (tertiary alicyclic amines) is 1. The van der Waals surface area contributed by atoms with Crippen molar-refractivity contribution in [2.75, 3.05) is 13.7 Å². The maximum atomic E-state index is 13.6. The average molecular weight is 292 g/mol. The van der Waals surface area contributed by atoms with E-state index in [1.807, 2.05) is 6.92 Å². The standard InChI is InChI=1S/C16H21FN2O2/c1-11-9-13(18)7-8-19(11)16(20)6-4-12-3-5-15(21-2)14(17)10-12/h3-6,10-11,13H,7-9,18H2,1-2H3/b6-4+. The third-order valence-electron chi connectivity index (χ3n) is 3.79. The van der Waals surface area contributed by atoms with E-state index in [1.54, 1.807) is 23.1 Å². The van der Waals surface area contributed by atoms with Gasteiger partial charge in [0.05, 0.1) is 7.11 Å². The van der Waals surface area contributed by atoms with Gasteiger partial charge in [0.15, 0.2) is 11.6 Å². The Hall–Kier alpha value is -1.88. The van der Waals surface area contributed by atoms with Gasteiger partial charge in [-0.2, -0.15) is 0 Å². The van der Waals surface area contributed by atoms with Crippen molar-refractivity contribution in [2.24, 2.45) is 5.73 Å². The number of hydrogen-bond acceptors (Lipinski definition) is 3. The average Bonchev–Trinajstić information content (AvgIpc) is 2.45. The number of amides is 1. The van der Waals surface area contributed by atoms with Crippen molar-refractivity contribution in [3.63, 3.8) is 0 Å². The van der Waals surface area contributed by atoms with Gasteiger partial charge in [-0.3, -0.25) is 4.79 Å². The highest BCUT2D eigenvalue weighted by Gasteiger charge is 2.25. The summed E-state index contributed by atoms with van der Waals surface area (Å²) in [6.45, 7) is 2.67. The van der Waals surface area contributed by atoms with Crippen LogP contribution < -0.4 is 10.5 Å². The number of ether oxygens (including phenoxy) is 1. The molecule has 0 radical (unpaired) electrons. The number of hydrogen-bond donors (Lipinski definition) is 1. The second kappa shape index (κ2) is 6.72. The number of methoxy groups -OCH3 is 1. The molecule has 5 heteroatoms. The summed E-state index contributed by atoms with van der Waals surface area (Å²) < 4.78 is 18.4. The van der Waals surface area contributed by atoms with Gasteiger partial charge in [0.1, 0.15) is 0 Å². The quantitative estimate of drug-likeness (QED) is 0.869. The molecule has 0 aromatic heterocycles. The Morgan fingerprint density at radius 3 is 2.90 bits per heavy atom. The first-order valence-electron chi connectivity index (χ1n) is 7.09. The van der Waals surface area contributed by atoms with E-state index >= 15 is 0 Å². The molecule has 2 unspecified atom stereocenters. The number of nitrogens with two attached hydrogens (primary N) is 1. The zero-order valence-corrected chi connectivity index (χ0v) is 12.4. The molecule has 2 rings (SSSR count). The number of piperidine rings is 1. The second-order valence-corrected chi connectivity index (χ2v) is 5.39. The Kier molecular flexibility index (Phi) is 4.96. The fourth-order valence-corrected chi connectivity index (χ4v) is 2.59. The van der Waals surface area contributed by atoms with Crippen LogP contribution in [0.2, 0.25) is 0 Å². The van der Waals surface area contributed by atoms with Crippen LogP contribution in [-0.2, 0) is 4.79 Å². The van der Waals surface area contributed by atoms with Crippen LogP contribution in [0.15, 0.2) is 24.3 Å². The molecule has 1 saturated heterocycles. The molecule has 2 atom stereocenters. The van der Waals surface area contributed by atoms with E-state index in [0.29, 0.717) is 12.1 Å². The second-order valence-electron chi connectivity index (χ2n) is 5.39. The van der Waals surface area contributed by atoms with Crippen LogP contribution in [0.4, 0.5) is 4.39 Å². The van der Waals surface area contributed by atoms with Crippen LogP contribution in [-0.4, -0.2) is 36.5 Å². The van der Waals surface area contributed by atoms with Gasteiger partial charge in [0.2, 0.25) is 5.91 Å². The largest absolute Gasteiger partial charge is 0.494 e. The van der Waals surface area contributed by atoms with E-state index in [4.69, 9.17) is 10.5 Å². The SMILES string of the molecule is COc1ccc(/C=C/C(=O)N2CCC(N)CC2C)cc1F. The number of benzene rings is 1. The minimum absolute atomic E-state index is 0.0642. The minimum atomic E-state index is -0.440. The molecular formula is C16H21FN2O2. The highest BCUT2D eigenvalue weighted by atomic mass is 19.1. The summed E-state index contributed by atoms with van der Waals surface area (Å²) in [6, 6.07) is 4.91. The van der Waals surface area contributed by atoms with Crippen molar-refractivity contribution < 1.29 is 13.9 Å². The number of carbonyl (C=O) groups excluding carboxylic acids is 1. The lowest BCUT2D eigenvalue weighted by molar-refractivity contribution is -0.129. The zero-order valence-electron chi connectivity index (χ0n) is 12.4. The van der Waals surface area contributed by atoms with Gasteiger partial charge in [0, 0.05) is 24.7 Å². The minimum Gasteiger partial charge on any atom is -0.494 e. The van der Waals surface area contributed by atoms with E-state index in [-0.39, 0.29) is 23.7 Å². The fourth-order valence-electron chi connectivity index (χ4n) is 2.59. The maximum absolute atomic E-state index is 13.6. The predicted octanol–water partition coefficient (Wildman–Crippen LogP) is 2.19. The van der Waals surface area contributed by atoms with E-state index in [9.17, 15) is 9.18 Å². The van der Waals surface area contributed by atoms with Crippen LogP contribution in [0.3, 0.4) is 0 Å². The molecule has 0 aliphatic carbocycles. The van der Waals surface area contributed by atoms with Crippen molar-refractivity contribution in [1.29, 1.82) is 0 Å². The third-order valence-corrected chi connectivity index (χ3v) is 3.79. The lowest BCUT2D eigenvalue weighted by atomic mass is 9.99. The number of halogens is 1. The van der Waals surface area contributed by atoms with Crippen LogP contribution >= 0.6 is 0 Å². The summed E-state index contributed by atoms with van der Waals surface area (Å²) in [4.78, 5) is 14.0. The normalized spacial score (nSPS) is 22.6. The molecule has 0 bridgehead atoms. The molecule has 1 heterocycles. The Morgan fingerprint density at radius 1 is 1.52 bits per heavy atom. The maximum Gasteiger partial charge on any atom is 0.246 e. The molecule has 0 spiro atoms. The van der Waals surface area contributed by atoms with E-state index < -0.39 is 5.82 Å². The summed E-state index contributed by atoms with van der Waals surface area (Å²) in [5, 5.41) is 0. The van der Waals surface area contributed by atoms with Gasteiger partial charge in [-0.1, -0.05) is 6.07 Å². The molecule has 2 N–H and O–H groups in total. The molecule has 1 fully saturated rings. The van der Waals surface area contributed by atoms with Gasteiger partial charge >= 0.3 is 0 Å². The van der Waals surface area contributed by atoms with Gasteiger partial charge in [-0.25, -0.2) is 4.39 Å². The van der Waals surface area contributed by atoms with Gasteiger partial charge < -0.3 is 15.4 Å². The Morgan fingerprint density at radius 2 is 2.29 bits per heavy atom. The highest BCUT2D eigenvalue weighted by molar-refractivity contribution is 5.92. The van der Waals surface area contributed by atoms with Crippen LogP contribution in [0, 0.1) is 5.82 Å². The van der Waals surface area contributed by atoms with Crippen molar-refractivity contribution in [3.8, 4) is 5.75 Å². The van der Waals surface area contributed by atoms with E-state index in [1.165, 1.54) is 19.3 Å². The van der Waals surface area contributed by atoms with E-state index in [2.05, 4.69) is 0 Å². The molecule has 1 aromatic rings. The van der Waals surface area contributed by atoms with Crippen LogP contribution in [0.5, 0.6) is 5.75 Å². The summed E-state index contributed by atoms with van der Waals surface area (Å²) in [5.74, 6) is -0.313. The van der Waals surface area contributed by atoms with Gasteiger partial charge in [-0.15, -0.1) is 0 Å². The molecule has 1 amide bonds. The zero-order chi connectivity index (χ0) is 15.4. The number of nitrogens with zero attached hydrogens (tertiary/aromatic N) is 1. The van der Waals surface area contributed by atoms with Gasteiger partial charge in [0.25, 0.3) is 0 Å². The predicted molar refractivity (Wildman–Crippen MR) is 80.4 cm³/mol. The smallest absolute Gasteiger partial charge is 0.246 e. The Balaban J connectivity index is 2.03. The first-order chi connectivity index (χ1) is 10.0. The van der Waals surface area contributed by atoms with Crippen molar-refractivity contribution in [1.82, 2.24) is 4.90 Å². The molecule has 4 nitrogen and oxygen atoms in total. The Bertz CT molecular complexity index is 545. The van der Waals surface area contributed by atoms with Crippen LogP contribution in [0.1, 0.15) is 25.3 Å². The highest BCUT2D eigenvalue weighted by Crippen LogP contribution is 2.19. The molecule has 1 aliphatic heterocycles. The molecule has 1 aliphatic rings. The molecule has 0 saturated carbocycles. The number of carbonyl (C=O) groups is 1. The topological polar surface area (TPSA) is 55.6 Å². The lowest BCUT2D eigenvalue weighted by Gasteiger charge is -2.35. The van der Waals surface area contributed by atoms with Crippen molar-refractivity contribution >= 4 is 12.0 Å². The molecule has 1 aromatic carbocycles. The molecular weight excluding hydrogens is 271 g/mol. The lowest BCUT2D eigenvalue weighted by Crippen LogP contribution is -2.47. The van der Waals surface area contributed by atoms with Crippen LogP contribution in [0.25, 0.3) is 6.08 Å².